The fraction of sp³-hybridized carbons (Fsp3) is 0.360. The van der Waals surface area contributed by atoms with E-state index in [9.17, 15) is 18.8 Å². The first-order valence-corrected chi connectivity index (χ1v) is 12.1. The number of ether oxygens (including phenoxy) is 3. The quantitative estimate of drug-likeness (QED) is 0.229. The number of hydrogen-bond donors (Lipinski definition) is 2. The van der Waals surface area contributed by atoms with Gasteiger partial charge in [0.2, 0.25) is 0 Å². The van der Waals surface area contributed by atoms with Crippen molar-refractivity contribution in [3.05, 3.63) is 57.8 Å². The molecule has 36 heavy (non-hydrogen) atoms. The molecule has 2 aromatic rings. The molecule has 194 valence electrons. The molecule has 2 N–H and O–H groups in total. The third kappa shape index (κ3) is 8.33. The van der Waals surface area contributed by atoms with Crippen molar-refractivity contribution in [2.75, 3.05) is 19.8 Å². The standard InChI is InChI=1S/C25H29BrFN3O6/c1-5-34-20-12-16(11-18(26)23(20)36-14-21(31)35-6-2)13-28-30-25(33)22(15(3)4)29-24(32)17-9-7-8-10-19(17)27/h7-13,15,22H,5-6,14H2,1-4H3,(H,29,32)(H,30,33)/b28-13+. The maximum Gasteiger partial charge on any atom is 0.344 e. The first-order chi connectivity index (χ1) is 17.2. The lowest BCUT2D eigenvalue weighted by atomic mass is 10.0. The van der Waals surface area contributed by atoms with Crippen LogP contribution >= 0.6 is 15.9 Å². The van der Waals surface area contributed by atoms with Crippen LogP contribution in [0.25, 0.3) is 0 Å². The van der Waals surface area contributed by atoms with Gasteiger partial charge in [0.1, 0.15) is 11.9 Å². The summed E-state index contributed by atoms with van der Waals surface area (Å²) in [5, 5.41) is 6.52. The SMILES string of the molecule is CCOC(=O)COc1c(Br)cc(/C=N/NC(=O)C(NC(=O)c2ccccc2F)C(C)C)cc1OCC. The summed E-state index contributed by atoms with van der Waals surface area (Å²) in [4.78, 5) is 36.8. The number of hydrogen-bond acceptors (Lipinski definition) is 7. The van der Waals surface area contributed by atoms with Crippen LogP contribution in [-0.4, -0.2) is 49.9 Å². The molecular weight excluding hydrogens is 537 g/mol. The number of benzene rings is 2. The first-order valence-electron chi connectivity index (χ1n) is 11.3. The summed E-state index contributed by atoms with van der Waals surface area (Å²) in [5.41, 5.74) is 2.80. The summed E-state index contributed by atoms with van der Waals surface area (Å²) < 4.78 is 30.4. The predicted octanol–water partition coefficient (Wildman–Crippen LogP) is 3.83. The Balaban J connectivity index is 2.11. The van der Waals surface area contributed by atoms with Gasteiger partial charge in [-0.15, -0.1) is 0 Å². The van der Waals surface area contributed by atoms with Crippen LogP contribution in [0, 0.1) is 11.7 Å². The molecule has 11 heteroatoms. The van der Waals surface area contributed by atoms with Crippen LogP contribution in [-0.2, 0) is 14.3 Å². The topological polar surface area (TPSA) is 115 Å². The van der Waals surface area contributed by atoms with E-state index in [1.165, 1.54) is 30.5 Å². The van der Waals surface area contributed by atoms with Gasteiger partial charge < -0.3 is 19.5 Å². The maximum atomic E-state index is 13.9. The van der Waals surface area contributed by atoms with Gasteiger partial charge in [-0.05, 0) is 65.5 Å². The van der Waals surface area contributed by atoms with Crippen molar-refractivity contribution in [3.8, 4) is 11.5 Å². The van der Waals surface area contributed by atoms with Crippen LogP contribution in [0.4, 0.5) is 4.39 Å². The maximum absolute atomic E-state index is 13.9. The van der Waals surface area contributed by atoms with Gasteiger partial charge in [-0.1, -0.05) is 26.0 Å². The lowest BCUT2D eigenvalue weighted by Gasteiger charge is -2.20. The number of hydrazone groups is 1. The summed E-state index contributed by atoms with van der Waals surface area (Å²) in [6.45, 7) is 7.29. The van der Waals surface area contributed by atoms with E-state index < -0.39 is 29.6 Å². The van der Waals surface area contributed by atoms with E-state index in [2.05, 4.69) is 31.8 Å². The van der Waals surface area contributed by atoms with Gasteiger partial charge in [0.15, 0.2) is 18.1 Å². The van der Waals surface area contributed by atoms with Gasteiger partial charge in [0.25, 0.3) is 11.8 Å². The number of esters is 1. The van der Waals surface area contributed by atoms with Gasteiger partial charge in [0.05, 0.1) is 29.5 Å². The normalized spacial score (nSPS) is 11.8. The van der Waals surface area contributed by atoms with Gasteiger partial charge in [-0.2, -0.15) is 5.10 Å². The van der Waals surface area contributed by atoms with Crippen molar-refractivity contribution in [3.63, 3.8) is 0 Å². The van der Waals surface area contributed by atoms with E-state index in [1.54, 1.807) is 39.8 Å². The van der Waals surface area contributed by atoms with E-state index in [4.69, 9.17) is 14.2 Å². The van der Waals surface area contributed by atoms with Gasteiger partial charge >= 0.3 is 5.97 Å². The van der Waals surface area contributed by atoms with E-state index in [0.29, 0.717) is 28.1 Å². The molecule has 0 aliphatic rings. The van der Waals surface area contributed by atoms with Crippen molar-refractivity contribution in [2.24, 2.45) is 11.0 Å². The van der Waals surface area contributed by atoms with Crippen LogP contribution in [0.1, 0.15) is 43.6 Å². The van der Waals surface area contributed by atoms with E-state index >= 15 is 0 Å². The molecule has 0 fully saturated rings. The molecule has 0 bridgehead atoms. The summed E-state index contributed by atoms with van der Waals surface area (Å²) in [6.07, 6.45) is 1.39. The third-order valence-corrected chi connectivity index (χ3v) is 5.30. The van der Waals surface area contributed by atoms with Crippen molar-refractivity contribution in [1.82, 2.24) is 10.7 Å². The highest BCUT2D eigenvalue weighted by molar-refractivity contribution is 9.10. The van der Waals surface area contributed by atoms with Crippen LogP contribution < -0.4 is 20.2 Å². The largest absolute Gasteiger partial charge is 0.490 e. The lowest BCUT2D eigenvalue weighted by Crippen LogP contribution is -2.48. The van der Waals surface area contributed by atoms with Crippen LogP contribution in [0.2, 0.25) is 0 Å². The Kier molecular flexibility index (Phi) is 11.3. The number of amides is 2. The number of halogens is 2. The molecule has 1 unspecified atom stereocenters. The summed E-state index contributed by atoms with van der Waals surface area (Å²) >= 11 is 3.39. The van der Waals surface area contributed by atoms with Crippen molar-refractivity contribution in [1.29, 1.82) is 0 Å². The number of nitrogens with one attached hydrogen (secondary N) is 2. The summed E-state index contributed by atoms with van der Waals surface area (Å²) in [7, 11) is 0. The fourth-order valence-corrected chi connectivity index (χ4v) is 3.61. The highest BCUT2D eigenvalue weighted by Crippen LogP contribution is 2.36. The van der Waals surface area contributed by atoms with E-state index in [0.717, 1.165) is 0 Å². The zero-order chi connectivity index (χ0) is 26.7. The second-order valence-electron chi connectivity index (χ2n) is 7.77. The summed E-state index contributed by atoms with van der Waals surface area (Å²) in [6, 6.07) is 7.87. The molecule has 2 aromatic carbocycles. The Morgan fingerprint density at radius 1 is 1.11 bits per heavy atom. The Hall–Kier alpha value is -3.47. The number of carbonyl (C=O) groups excluding carboxylic acids is 3. The van der Waals surface area contributed by atoms with Crippen LogP contribution in [0.3, 0.4) is 0 Å². The lowest BCUT2D eigenvalue weighted by molar-refractivity contribution is -0.145. The second kappa shape index (κ2) is 14.2. The Morgan fingerprint density at radius 2 is 1.83 bits per heavy atom. The number of rotatable bonds is 12. The molecule has 0 saturated heterocycles. The Morgan fingerprint density at radius 3 is 2.47 bits per heavy atom. The van der Waals surface area contributed by atoms with Gasteiger partial charge in [-0.3, -0.25) is 9.59 Å². The molecule has 0 aromatic heterocycles. The molecule has 0 radical (unpaired) electrons. The minimum Gasteiger partial charge on any atom is -0.490 e. The Bertz CT molecular complexity index is 1110. The molecule has 9 nitrogen and oxygen atoms in total. The average molecular weight is 566 g/mol. The van der Waals surface area contributed by atoms with Gasteiger partial charge in [-0.25, -0.2) is 14.6 Å². The number of nitrogens with zero attached hydrogens (tertiary/aromatic N) is 1. The molecule has 0 heterocycles. The zero-order valence-electron chi connectivity index (χ0n) is 20.5. The molecule has 1 atom stereocenters. The van der Waals surface area contributed by atoms with Crippen molar-refractivity contribution in [2.45, 2.75) is 33.7 Å². The van der Waals surface area contributed by atoms with Crippen molar-refractivity contribution < 1.29 is 33.0 Å². The molecule has 0 aliphatic heterocycles. The minimum absolute atomic E-state index is 0.155. The number of carbonyl (C=O) groups is 3. The Labute approximate surface area is 217 Å². The molecule has 0 spiro atoms. The van der Waals surface area contributed by atoms with E-state index in [1.807, 2.05) is 0 Å². The molecular formula is C25H29BrFN3O6. The third-order valence-electron chi connectivity index (χ3n) is 4.71. The van der Waals surface area contributed by atoms with Crippen molar-refractivity contribution >= 4 is 39.9 Å². The van der Waals surface area contributed by atoms with Gasteiger partial charge in [0, 0.05) is 0 Å². The van der Waals surface area contributed by atoms with E-state index in [-0.39, 0.29) is 24.7 Å². The fourth-order valence-electron chi connectivity index (χ4n) is 3.04. The highest BCUT2D eigenvalue weighted by atomic mass is 79.9. The first kappa shape index (κ1) is 28.8. The monoisotopic (exact) mass is 565 g/mol. The highest BCUT2D eigenvalue weighted by Gasteiger charge is 2.25. The minimum atomic E-state index is -0.946. The smallest absolute Gasteiger partial charge is 0.344 e. The summed E-state index contributed by atoms with van der Waals surface area (Å²) in [5.74, 6) is -2.06. The van der Waals surface area contributed by atoms with Crippen LogP contribution in [0.5, 0.6) is 11.5 Å². The zero-order valence-corrected chi connectivity index (χ0v) is 22.1. The molecule has 0 saturated carbocycles. The van der Waals surface area contributed by atoms with Crippen LogP contribution in [0.15, 0.2) is 46.0 Å². The molecule has 2 rings (SSSR count). The molecule has 0 aliphatic carbocycles. The second-order valence-corrected chi connectivity index (χ2v) is 8.62. The predicted molar refractivity (Wildman–Crippen MR) is 136 cm³/mol. The average Bonchev–Trinajstić information content (AvgIpc) is 2.82. The molecule has 2 amide bonds.